The van der Waals surface area contributed by atoms with E-state index in [0.717, 1.165) is 6.54 Å². The molecule has 0 radical (unpaired) electrons. The van der Waals surface area contributed by atoms with E-state index in [9.17, 15) is 4.79 Å². The van der Waals surface area contributed by atoms with Gasteiger partial charge in [0.25, 0.3) is 0 Å². The lowest BCUT2D eigenvalue weighted by Gasteiger charge is -2.26. The molecule has 0 spiro atoms. The first-order valence-electron chi connectivity index (χ1n) is 4.54. The summed E-state index contributed by atoms with van der Waals surface area (Å²) in [4.78, 5) is 11.4. The topological polar surface area (TPSA) is 47.6 Å². The normalized spacial score (nSPS) is 24.1. The molecule has 4 nitrogen and oxygen atoms in total. The number of ether oxygens (including phenoxy) is 2. The maximum atomic E-state index is 11.4. The SMILES string of the molecule is CC(C)(C)OC(=O)C1CNCCO1. The van der Waals surface area contributed by atoms with Gasteiger partial charge in [-0.25, -0.2) is 4.79 Å². The molecule has 0 amide bonds. The largest absolute Gasteiger partial charge is 0.458 e. The monoisotopic (exact) mass is 187 g/mol. The second-order valence-corrected chi connectivity index (χ2v) is 4.10. The van der Waals surface area contributed by atoms with Gasteiger partial charge in [-0.2, -0.15) is 0 Å². The Morgan fingerprint density at radius 1 is 1.54 bits per heavy atom. The average Bonchev–Trinajstić information content (AvgIpc) is 2.03. The smallest absolute Gasteiger partial charge is 0.337 e. The van der Waals surface area contributed by atoms with Crippen molar-refractivity contribution in [2.24, 2.45) is 0 Å². The van der Waals surface area contributed by atoms with E-state index in [4.69, 9.17) is 9.47 Å². The average molecular weight is 187 g/mol. The molecule has 0 aromatic rings. The number of nitrogens with one attached hydrogen (secondary N) is 1. The molecule has 1 aliphatic rings. The summed E-state index contributed by atoms with van der Waals surface area (Å²) in [5.74, 6) is -0.278. The predicted molar refractivity (Wildman–Crippen MR) is 48.5 cm³/mol. The molecule has 0 aromatic heterocycles. The van der Waals surface area contributed by atoms with Crippen LogP contribution in [0.4, 0.5) is 0 Å². The molecule has 13 heavy (non-hydrogen) atoms. The third kappa shape index (κ3) is 3.74. The first-order valence-corrected chi connectivity index (χ1v) is 4.54. The third-order valence-corrected chi connectivity index (χ3v) is 1.60. The van der Waals surface area contributed by atoms with Crippen molar-refractivity contribution in [3.05, 3.63) is 0 Å². The fraction of sp³-hybridized carbons (Fsp3) is 0.889. The van der Waals surface area contributed by atoms with E-state index in [1.165, 1.54) is 0 Å². The lowest BCUT2D eigenvalue weighted by atomic mass is 10.2. The molecule has 1 fully saturated rings. The van der Waals surface area contributed by atoms with Crippen molar-refractivity contribution in [2.45, 2.75) is 32.5 Å². The van der Waals surface area contributed by atoms with Gasteiger partial charge in [0.05, 0.1) is 6.61 Å². The first kappa shape index (κ1) is 10.5. The number of morpholine rings is 1. The van der Waals surface area contributed by atoms with Crippen LogP contribution in [-0.2, 0) is 14.3 Å². The first-order chi connectivity index (χ1) is 5.99. The Labute approximate surface area is 78.6 Å². The minimum Gasteiger partial charge on any atom is -0.458 e. The van der Waals surface area contributed by atoms with Crippen LogP contribution < -0.4 is 5.32 Å². The van der Waals surface area contributed by atoms with E-state index < -0.39 is 11.7 Å². The van der Waals surface area contributed by atoms with Gasteiger partial charge in [-0.15, -0.1) is 0 Å². The van der Waals surface area contributed by atoms with Crippen LogP contribution in [0.15, 0.2) is 0 Å². The number of rotatable bonds is 1. The summed E-state index contributed by atoms with van der Waals surface area (Å²) in [5.41, 5.74) is -0.433. The fourth-order valence-corrected chi connectivity index (χ4v) is 1.08. The summed E-state index contributed by atoms with van der Waals surface area (Å²) < 4.78 is 10.4. The molecular formula is C9H17NO3. The van der Waals surface area contributed by atoms with Crippen molar-refractivity contribution >= 4 is 5.97 Å². The summed E-state index contributed by atoms with van der Waals surface area (Å²) in [5, 5.41) is 3.08. The zero-order valence-electron chi connectivity index (χ0n) is 8.42. The summed E-state index contributed by atoms with van der Waals surface area (Å²) in [6.07, 6.45) is -0.437. The predicted octanol–water partition coefficient (Wildman–Crippen LogP) is 0.317. The molecule has 0 saturated carbocycles. The molecule has 0 aromatic carbocycles. The van der Waals surface area contributed by atoms with Crippen molar-refractivity contribution in [3.8, 4) is 0 Å². The van der Waals surface area contributed by atoms with Crippen LogP contribution in [0, 0.1) is 0 Å². The Kier molecular flexibility index (Phi) is 3.27. The van der Waals surface area contributed by atoms with Gasteiger partial charge in [-0.1, -0.05) is 0 Å². The fourth-order valence-electron chi connectivity index (χ4n) is 1.08. The highest BCUT2D eigenvalue weighted by atomic mass is 16.6. The van der Waals surface area contributed by atoms with Gasteiger partial charge in [0.2, 0.25) is 0 Å². The quantitative estimate of drug-likeness (QED) is 0.600. The van der Waals surface area contributed by atoms with E-state index in [1.54, 1.807) is 0 Å². The van der Waals surface area contributed by atoms with Gasteiger partial charge in [-0.05, 0) is 20.8 Å². The van der Waals surface area contributed by atoms with Crippen LogP contribution in [0.1, 0.15) is 20.8 Å². The Hall–Kier alpha value is -0.610. The van der Waals surface area contributed by atoms with Crippen LogP contribution in [0.25, 0.3) is 0 Å². The molecule has 0 bridgehead atoms. The van der Waals surface area contributed by atoms with Gasteiger partial charge in [-0.3, -0.25) is 0 Å². The molecule has 1 heterocycles. The third-order valence-electron chi connectivity index (χ3n) is 1.60. The molecule has 1 aliphatic heterocycles. The maximum Gasteiger partial charge on any atom is 0.337 e. The Balaban J connectivity index is 2.38. The lowest BCUT2D eigenvalue weighted by Crippen LogP contribution is -2.45. The highest BCUT2D eigenvalue weighted by Gasteiger charge is 2.27. The molecule has 1 unspecified atom stereocenters. The van der Waals surface area contributed by atoms with Crippen molar-refractivity contribution in [1.29, 1.82) is 0 Å². The lowest BCUT2D eigenvalue weighted by molar-refractivity contribution is -0.169. The number of esters is 1. The maximum absolute atomic E-state index is 11.4. The summed E-state index contributed by atoms with van der Waals surface area (Å²) >= 11 is 0. The van der Waals surface area contributed by atoms with Crippen LogP contribution in [-0.4, -0.2) is 37.4 Å². The zero-order chi connectivity index (χ0) is 9.90. The molecule has 1 rings (SSSR count). The summed E-state index contributed by atoms with van der Waals surface area (Å²) in [6.45, 7) is 7.47. The highest BCUT2D eigenvalue weighted by Crippen LogP contribution is 2.10. The van der Waals surface area contributed by atoms with Crippen molar-refractivity contribution in [2.75, 3.05) is 19.7 Å². The van der Waals surface area contributed by atoms with E-state index >= 15 is 0 Å². The second-order valence-electron chi connectivity index (χ2n) is 4.10. The second kappa shape index (κ2) is 4.07. The minimum absolute atomic E-state index is 0.278. The molecule has 1 N–H and O–H groups in total. The van der Waals surface area contributed by atoms with E-state index in [1.807, 2.05) is 20.8 Å². The Morgan fingerprint density at radius 3 is 2.69 bits per heavy atom. The number of carbonyl (C=O) groups is 1. The van der Waals surface area contributed by atoms with Crippen molar-refractivity contribution < 1.29 is 14.3 Å². The van der Waals surface area contributed by atoms with E-state index in [2.05, 4.69) is 5.32 Å². The summed E-state index contributed by atoms with van der Waals surface area (Å²) in [6, 6.07) is 0. The minimum atomic E-state index is -0.437. The summed E-state index contributed by atoms with van der Waals surface area (Å²) in [7, 11) is 0. The number of hydrogen-bond acceptors (Lipinski definition) is 4. The number of carbonyl (C=O) groups excluding carboxylic acids is 1. The molecule has 1 atom stereocenters. The Morgan fingerprint density at radius 2 is 2.23 bits per heavy atom. The van der Waals surface area contributed by atoms with Gasteiger partial charge in [0.1, 0.15) is 5.60 Å². The molecule has 4 heteroatoms. The van der Waals surface area contributed by atoms with Crippen LogP contribution in [0.3, 0.4) is 0 Å². The highest BCUT2D eigenvalue weighted by molar-refractivity contribution is 5.75. The van der Waals surface area contributed by atoms with Crippen LogP contribution >= 0.6 is 0 Å². The standard InChI is InChI=1S/C9H17NO3/c1-9(2,3)13-8(11)7-6-10-4-5-12-7/h7,10H,4-6H2,1-3H3. The molecular weight excluding hydrogens is 170 g/mol. The van der Waals surface area contributed by atoms with Gasteiger partial charge >= 0.3 is 5.97 Å². The van der Waals surface area contributed by atoms with Gasteiger partial charge in [0.15, 0.2) is 6.10 Å². The van der Waals surface area contributed by atoms with Gasteiger partial charge in [0, 0.05) is 13.1 Å². The van der Waals surface area contributed by atoms with Crippen molar-refractivity contribution in [1.82, 2.24) is 5.32 Å². The van der Waals surface area contributed by atoms with Crippen molar-refractivity contribution in [3.63, 3.8) is 0 Å². The molecule has 0 aliphatic carbocycles. The molecule has 76 valence electrons. The molecule has 1 saturated heterocycles. The van der Waals surface area contributed by atoms with Crippen LogP contribution in [0.2, 0.25) is 0 Å². The van der Waals surface area contributed by atoms with E-state index in [0.29, 0.717) is 13.2 Å². The number of hydrogen-bond donors (Lipinski definition) is 1. The van der Waals surface area contributed by atoms with Gasteiger partial charge < -0.3 is 14.8 Å². The van der Waals surface area contributed by atoms with E-state index in [-0.39, 0.29) is 5.97 Å². The Bertz CT molecular complexity index is 180. The van der Waals surface area contributed by atoms with Crippen LogP contribution in [0.5, 0.6) is 0 Å². The zero-order valence-corrected chi connectivity index (χ0v) is 8.42.